The molecule has 1 aromatic carbocycles. The summed E-state index contributed by atoms with van der Waals surface area (Å²) in [5.41, 5.74) is 8.04. The van der Waals surface area contributed by atoms with Gasteiger partial charge in [0.2, 0.25) is 0 Å². The van der Waals surface area contributed by atoms with Crippen molar-refractivity contribution in [2.45, 2.75) is 26.2 Å². The molecule has 4 rings (SSSR count). The van der Waals surface area contributed by atoms with Crippen molar-refractivity contribution in [3.05, 3.63) is 95.1 Å². The Morgan fingerprint density at radius 2 is 1.88 bits per heavy atom. The number of fused-ring (bicyclic) bond motifs is 1. The lowest BCUT2D eigenvalue weighted by Gasteiger charge is -2.23. The number of carbonyl (C=O) groups is 1. The van der Waals surface area contributed by atoms with Crippen LogP contribution in [0.2, 0.25) is 0 Å². The van der Waals surface area contributed by atoms with Crippen molar-refractivity contribution >= 4 is 22.6 Å². The van der Waals surface area contributed by atoms with Crippen LogP contribution in [0.15, 0.2) is 67.1 Å². The third-order valence-electron chi connectivity index (χ3n) is 5.18. The second-order valence-corrected chi connectivity index (χ2v) is 7.66. The number of benzene rings is 1. The average Bonchev–Trinajstić information content (AvgIpc) is 2.79. The standard InChI is InChI=1S/C24H20F3N5O/c1-15-9-18-10-17(4-7-21(18)31-22(15)28)23(33)32(13-16-3-2-8-29-11-16)14-20-6-5-19(12-30-20)24(25,26)27/h2-12H,13-14H2,1H3,(H2,28,31). The maximum atomic E-state index is 13.4. The van der Waals surface area contributed by atoms with E-state index in [0.717, 1.165) is 28.8 Å². The molecule has 0 saturated heterocycles. The van der Waals surface area contributed by atoms with Gasteiger partial charge < -0.3 is 10.6 Å². The van der Waals surface area contributed by atoms with E-state index in [4.69, 9.17) is 5.73 Å². The highest BCUT2D eigenvalue weighted by molar-refractivity contribution is 5.98. The minimum atomic E-state index is -4.47. The van der Waals surface area contributed by atoms with E-state index in [9.17, 15) is 18.0 Å². The van der Waals surface area contributed by atoms with Crippen molar-refractivity contribution in [2.24, 2.45) is 0 Å². The molecule has 0 bridgehead atoms. The molecule has 0 saturated carbocycles. The maximum absolute atomic E-state index is 13.4. The van der Waals surface area contributed by atoms with Crippen LogP contribution < -0.4 is 5.73 Å². The van der Waals surface area contributed by atoms with Crippen LogP contribution in [-0.4, -0.2) is 25.8 Å². The van der Waals surface area contributed by atoms with E-state index in [1.165, 1.54) is 11.0 Å². The number of anilines is 1. The Balaban J connectivity index is 1.66. The van der Waals surface area contributed by atoms with Gasteiger partial charge in [0.25, 0.3) is 5.91 Å². The molecule has 1 amide bonds. The SMILES string of the molecule is Cc1cc2cc(C(=O)N(Cc3cccnc3)Cc3ccc(C(F)(F)F)cn3)ccc2nc1N. The second-order valence-electron chi connectivity index (χ2n) is 7.66. The van der Waals surface area contributed by atoms with Gasteiger partial charge in [-0.25, -0.2) is 4.98 Å². The van der Waals surface area contributed by atoms with Crippen molar-refractivity contribution in [3.8, 4) is 0 Å². The van der Waals surface area contributed by atoms with E-state index in [1.54, 1.807) is 36.7 Å². The van der Waals surface area contributed by atoms with Gasteiger partial charge in [-0.15, -0.1) is 0 Å². The van der Waals surface area contributed by atoms with Crippen LogP contribution in [0.1, 0.15) is 32.7 Å². The zero-order chi connectivity index (χ0) is 23.6. The summed E-state index contributed by atoms with van der Waals surface area (Å²) in [7, 11) is 0. The number of alkyl halides is 3. The van der Waals surface area contributed by atoms with Crippen LogP contribution in [0, 0.1) is 6.92 Å². The number of rotatable bonds is 5. The first-order chi connectivity index (χ1) is 15.7. The lowest BCUT2D eigenvalue weighted by atomic mass is 10.1. The van der Waals surface area contributed by atoms with Crippen molar-refractivity contribution in [2.75, 3.05) is 5.73 Å². The van der Waals surface area contributed by atoms with Crippen molar-refractivity contribution in [1.29, 1.82) is 0 Å². The molecule has 33 heavy (non-hydrogen) atoms. The Labute approximate surface area is 187 Å². The zero-order valence-electron chi connectivity index (χ0n) is 17.7. The number of aromatic nitrogens is 3. The number of aryl methyl sites for hydroxylation is 1. The summed E-state index contributed by atoms with van der Waals surface area (Å²) in [4.78, 5) is 27.3. The molecule has 3 heterocycles. The van der Waals surface area contributed by atoms with Gasteiger partial charge in [-0.3, -0.25) is 14.8 Å². The number of nitrogen functional groups attached to an aromatic ring is 1. The smallest absolute Gasteiger partial charge is 0.383 e. The average molecular weight is 451 g/mol. The molecule has 4 aromatic rings. The fraction of sp³-hybridized carbons (Fsp3) is 0.167. The topological polar surface area (TPSA) is 85.0 Å². The van der Waals surface area contributed by atoms with Gasteiger partial charge in [0, 0.05) is 36.1 Å². The van der Waals surface area contributed by atoms with Gasteiger partial charge in [0.05, 0.1) is 23.3 Å². The molecule has 3 aromatic heterocycles. The van der Waals surface area contributed by atoms with Gasteiger partial charge in [-0.1, -0.05) is 6.07 Å². The molecule has 0 fully saturated rings. The van der Waals surface area contributed by atoms with Crippen molar-refractivity contribution in [1.82, 2.24) is 19.9 Å². The number of nitrogens with zero attached hydrogens (tertiary/aromatic N) is 4. The fourth-order valence-corrected chi connectivity index (χ4v) is 3.41. The highest BCUT2D eigenvalue weighted by Gasteiger charge is 2.30. The Hall–Kier alpha value is -4.01. The Kier molecular flexibility index (Phi) is 5.95. The van der Waals surface area contributed by atoms with Crippen molar-refractivity contribution in [3.63, 3.8) is 0 Å². The van der Waals surface area contributed by atoms with E-state index in [0.29, 0.717) is 22.6 Å². The summed E-state index contributed by atoms with van der Waals surface area (Å²) in [6.45, 7) is 2.08. The van der Waals surface area contributed by atoms with E-state index in [-0.39, 0.29) is 19.0 Å². The number of carbonyl (C=O) groups excluding carboxylic acids is 1. The maximum Gasteiger partial charge on any atom is 0.417 e. The Bertz CT molecular complexity index is 1290. The zero-order valence-corrected chi connectivity index (χ0v) is 17.7. The minimum absolute atomic E-state index is 0.0307. The Morgan fingerprint density at radius 3 is 2.55 bits per heavy atom. The van der Waals surface area contributed by atoms with E-state index < -0.39 is 11.7 Å². The molecule has 0 atom stereocenters. The molecule has 0 unspecified atom stereocenters. The fourth-order valence-electron chi connectivity index (χ4n) is 3.41. The lowest BCUT2D eigenvalue weighted by molar-refractivity contribution is -0.137. The summed E-state index contributed by atoms with van der Waals surface area (Å²) in [6.07, 6.45) is -0.442. The number of hydrogen-bond acceptors (Lipinski definition) is 5. The van der Waals surface area contributed by atoms with Gasteiger partial charge >= 0.3 is 6.18 Å². The van der Waals surface area contributed by atoms with Crippen LogP contribution in [0.3, 0.4) is 0 Å². The summed E-state index contributed by atoms with van der Waals surface area (Å²) < 4.78 is 38.6. The summed E-state index contributed by atoms with van der Waals surface area (Å²) in [6, 6.07) is 12.8. The van der Waals surface area contributed by atoms with Crippen LogP contribution in [0.4, 0.5) is 19.0 Å². The van der Waals surface area contributed by atoms with Crippen LogP contribution in [0.5, 0.6) is 0 Å². The Morgan fingerprint density at radius 1 is 1.06 bits per heavy atom. The van der Waals surface area contributed by atoms with E-state index in [2.05, 4.69) is 15.0 Å². The number of nitrogens with two attached hydrogens (primary N) is 1. The molecule has 0 spiro atoms. The molecule has 0 radical (unpaired) electrons. The highest BCUT2D eigenvalue weighted by Crippen LogP contribution is 2.28. The van der Waals surface area contributed by atoms with Crippen LogP contribution >= 0.6 is 0 Å². The molecule has 0 aliphatic carbocycles. The van der Waals surface area contributed by atoms with Gasteiger partial charge in [-0.05, 0) is 60.5 Å². The van der Waals surface area contributed by atoms with Crippen LogP contribution in [-0.2, 0) is 19.3 Å². The number of amides is 1. The van der Waals surface area contributed by atoms with Crippen LogP contribution in [0.25, 0.3) is 10.9 Å². The summed E-state index contributed by atoms with van der Waals surface area (Å²) >= 11 is 0. The monoisotopic (exact) mass is 451 g/mol. The summed E-state index contributed by atoms with van der Waals surface area (Å²) in [5.74, 6) is 0.130. The predicted molar refractivity (Wildman–Crippen MR) is 118 cm³/mol. The summed E-state index contributed by atoms with van der Waals surface area (Å²) in [5, 5.41) is 0.765. The molecule has 9 heteroatoms. The minimum Gasteiger partial charge on any atom is -0.383 e. The molecular weight excluding hydrogens is 431 g/mol. The molecule has 2 N–H and O–H groups in total. The van der Waals surface area contributed by atoms with Gasteiger partial charge in [0.1, 0.15) is 5.82 Å². The molecule has 6 nitrogen and oxygen atoms in total. The van der Waals surface area contributed by atoms with E-state index >= 15 is 0 Å². The first-order valence-electron chi connectivity index (χ1n) is 10.1. The molecule has 0 aliphatic rings. The largest absolute Gasteiger partial charge is 0.417 e. The van der Waals surface area contributed by atoms with Gasteiger partial charge in [0.15, 0.2) is 0 Å². The quantitative estimate of drug-likeness (QED) is 0.472. The highest BCUT2D eigenvalue weighted by atomic mass is 19.4. The number of halogens is 3. The van der Waals surface area contributed by atoms with Crippen molar-refractivity contribution < 1.29 is 18.0 Å². The van der Waals surface area contributed by atoms with E-state index in [1.807, 2.05) is 19.1 Å². The molecular formula is C24H20F3N5O. The number of pyridine rings is 3. The normalized spacial score (nSPS) is 11.5. The third kappa shape index (κ3) is 5.08. The van der Waals surface area contributed by atoms with Gasteiger partial charge in [-0.2, -0.15) is 13.2 Å². The third-order valence-corrected chi connectivity index (χ3v) is 5.18. The predicted octanol–water partition coefficient (Wildman–Crippen LogP) is 4.78. The molecule has 168 valence electrons. The second kappa shape index (κ2) is 8.85. The lowest BCUT2D eigenvalue weighted by Crippen LogP contribution is -2.30. The first-order valence-corrected chi connectivity index (χ1v) is 10.1. The first kappa shape index (κ1) is 22.2. The molecule has 0 aliphatic heterocycles. The number of hydrogen-bond donors (Lipinski definition) is 1.